The van der Waals surface area contributed by atoms with Crippen molar-refractivity contribution in [2.24, 2.45) is 100 Å². The van der Waals surface area contributed by atoms with E-state index in [0.29, 0.717) is 50.8 Å². The third-order valence-electron chi connectivity index (χ3n) is 29.0. The molecule has 448 valence electrons. The quantitative estimate of drug-likeness (QED) is 0.193. The Kier molecular flexibility index (Phi) is 15.4. The average molecular weight is 1180 g/mol. The van der Waals surface area contributed by atoms with Crippen LogP contribution in [0.25, 0.3) is 0 Å². The average Bonchev–Trinajstić information content (AvgIpc) is 1.36. The molecule has 2 spiro atoms. The Labute approximate surface area is 541 Å². The van der Waals surface area contributed by atoms with Gasteiger partial charge >= 0.3 is 59.1 Å². The van der Waals surface area contributed by atoms with Gasteiger partial charge in [0.05, 0.1) is 0 Å². The zero-order chi connectivity index (χ0) is 60.5. The van der Waals surface area contributed by atoms with E-state index in [9.17, 15) is 58.2 Å². The standard InChI is InChI=1S/2C34H46O7.2Na/c2*1-27(2)23-8-9-32(7)25(30(23,5)18-24(38)34(27)33(19-36,41-34)14-15-35)22(37)16-20-21-17-29(4,26(39)40)11-10-28(21,3)12-13-31(20,32)6;;/h2*15-16,19,21,23,25H,8-14,17-18H2,1-7H3,(H,39,40);;/q;;2*+1/p-2/t2*21-,23?,25?,28-,29+,30+,31-,32-,33?,34+;;/m11../s1. The molecule has 16 heteroatoms. The summed E-state index contributed by atoms with van der Waals surface area (Å²) >= 11 is 0. The predicted octanol–water partition coefficient (Wildman–Crippen LogP) is 2.39. The van der Waals surface area contributed by atoms with Crippen molar-refractivity contribution in [1.82, 2.24) is 0 Å². The Bertz CT molecular complexity index is 2840. The number of aliphatic carboxylic acids is 2. The van der Waals surface area contributed by atoms with Crippen molar-refractivity contribution in [2.75, 3.05) is 0 Å². The van der Waals surface area contributed by atoms with Crippen LogP contribution in [0.15, 0.2) is 23.3 Å². The van der Waals surface area contributed by atoms with E-state index in [1.54, 1.807) is 13.8 Å². The van der Waals surface area contributed by atoms with Crippen molar-refractivity contribution in [2.45, 2.75) is 235 Å². The van der Waals surface area contributed by atoms with E-state index >= 15 is 0 Å². The molecule has 0 bridgehead atoms. The van der Waals surface area contributed by atoms with E-state index < -0.39 is 77.7 Å². The van der Waals surface area contributed by atoms with E-state index in [4.69, 9.17) is 9.47 Å². The summed E-state index contributed by atoms with van der Waals surface area (Å²) in [5, 5.41) is 24.5. The molecule has 0 amide bonds. The summed E-state index contributed by atoms with van der Waals surface area (Å²) in [7, 11) is 0. The first-order valence-corrected chi connectivity index (χ1v) is 31.0. The Hall–Kier alpha value is -2.30. The molecule has 12 rings (SSSR count). The fourth-order valence-electron chi connectivity index (χ4n) is 23.9. The summed E-state index contributed by atoms with van der Waals surface area (Å²) in [6.07, 6.45) is 16.9. The molecule has 0 aromatic carbocycles. The van der Waals surface area contributed by atoms with Gasteiger partial charge in [0, 0.05) is 71.1 Å². The van der Waals surface area contributed by atoms with Crippen molar-refractivity contribution in [3.8, 4) is 0 Å². The van der Waals surface area contributed by atoms with E-state index in [1.165, 1.54) is 0 Å². The van der Waals surface area contributed by atoms with Crippen LogP contribution in [0.4, 0.5) is 0 Å². The molecule has 2 saturated heterocycles. The van der Waals surface area contributed by atoms with Gasteiger partial charge in [-0.2, -0.15) is 0 Å². The van der Waals surface area contributed by atoms with Gasteiger partial charge in [-0.15, -0.1) is 0 Å². The summed E-state index contributed by atoms with van der Waals surface area (Å²) in [5.41, 5.74) is -9.48. The van der Waals surface area contributed by atoms with Crippen molar-refractivity contribution in [1.29, 1.82) is 0 Å². The molecular weight excluding hydrogens is 1090 g/mol. The number of Topliss-reactive ketones (excluding diaryl/α,β-unsaturated/α-hetero) is 2. The van der Waals surface area contributed by atoms with Crippen LogP contribution in [-0.2, 0) is 57.4 Å². The normalized spacial score (nSPS) is 52.0. The van der Waals surface area contributed by atoms with E-state index in [0.717, 1.165) is 75.4 Å². The molecule has 0 N–H and O–H groups in total. The third kappa shape index (κ3) is 7.67. The largest absolute Gasteiger partial charge is 1.00 e. The first-order chi connectivity index (χ1) is 37.8. The van der Waals surface area contributed by atoms with Gasteiger partial charge < -0.3 is 38.9 Å². The molecule has 0 aromatic rings. The van der Waals surface area contributed by atoms with Crippen molar-refractivity contribution in [3.05, 3.63) is 23.3 Å². The number of carboxylic acids is 2. The zero-order valence-electron chi connectivity index (χ0n) is 53.4. The topological polar surface area (TPSA) is 242 Å². The zero-order valence-corrected chi connectivity index (χ0v) is 57.4. The number of carboxylic acid groups (broad SMARTS) is 2. The Morgan fingerprint density at radius 1 is 0.500 bits per heavy atom. The van der Waals surface area contributed by atoms with Crippen LogP contribution >= 0.6 is 0 Å². The molecule has 0 aromatic heterocycles. The number of ketones is 4. The van der Waals surface area contributed by atoms with Crippen LogP contribution in [0.3, 0.4) is 0 Å². The van der Waals surface area contributed by atoms with Crippen LogP contribution in [0.1, 0.15) is 213 Å². The molecule has 84 heavy (non-hydrogen) atoms. The molecule has 10 fully saturated rings. The first-order valence-electron chi connectivity index (χ1n) is 31.0. The van der Waals surface area contributed by atoms with Gasteiger partial charge in [-0.1, -0.05) is 108 Å². The number of rotatable bonds is 8. The summed E-state index contributed by atoms with van der Waals surface area (Å²) in [6, 6.07) is 0. The maximum Gasteiger partial charge on any atom is 1.00 e. The van der Waals surface area contributed by atoms with Gasteiger partial charge in [-0.3, -0.25) is 28.8 Å². The fraction of sp³-hybridized carbons (Fsp3) is 0.794. The molecule has 20 atom stereocenters. The number of hydrogen-bond donors (Lipinski definition) is 0. The van der Waals surface area contributed by atoms with Gasteiger partial charge in [-0.25, -0.2) is 0 Å². The molecule has 10 aliphatic carbocycles. The summed E-state index contributed by atoms with van der Waals surface area (Å²) in [6.45, 7) is 29.3. The minimum absolute atomic E-state index is 0. The van der Waals surface area contributed by atoms with Crippen molar-refractivity contribution < 1.29 is 127 Å². The first kappa shape index (κ1) is 66.1. The number of ether oxygens (including phenoxy) is 2. The van der Waals surface area contributed by atoms with Gasteiger partial charge in [0.25, 0.3) is 0 Å². The monoisotopic (exact) mass is 1180 g/mol. The van der Waals surface area contributed by atoms with Crippen LogP contribution in [-0.4, -0.2) is 82.6 Å². The summed E-state index contributed by atoms with van der Waals surface area (Å²) in [5.74, 6) is -3.20. The number of carbonyl (C=O) groups is 10. The number of epoxide rings is 2. The minimum Gasteiger partial charge on any atom is -0.550 e. The minimum atomic E-state index is -1.42. The second kappa shape index (κ2) is 19.6. The van der Waals surface area contributed by atoms with E-state index in [2.05, 4.69) is 55.4 Å². The summed E-state index contributed by atoms with van der Waals surface area (Å²) in [4.78, 5) is 129. The number of fused-ring (bicyclic) bond motifs is 14. The Morgan fingerprint density at radius 3 is 1.12 bits per heavy atom. The molecule has 2 aliphatic heterocycles. The number of aldehydes is 4. The molecule has 6 unspecified atom stereocenters. The third-order valence-corrected chi connectivity index (χ3v) is 29.0. The number of allylic oxidation sites excluding steroid dienone is 4. The molecule has 8 saturated carbocycles. The molecule has 0 radical (unpaired) electrons. The molecular formula is C68H90Na2O14. The van der Waals surface area contributed by atoms with Crippen LogP contribution in [0.5, 0.6) is 0 Å². The molecule has 12 aliphatic rings. The van der Waals surface area contributed by atoms with Crippen molar-refractivity contribution in [3.63, 3.8) is 0 Å². The Balaban J connectivity index is 0.000000197. The fourth-order valence-corrected chi connectivity index (χ4v) is 23.9. The summed E-state index contributed by atoms with van der Waals surface area (Å²) < 4.78 is 12.1. The van der Waals surface area contributed by atoms with Gasteiger partial charge in [-0.05, 0) is 169 Å². The van der Waals surface area contributed by atoms with Gasteiger partial charge in [0.15, 0.2) is 58.1 Å². The second-order valence-electron chi connectivity index (χ2n) is 33.0. The molecule has 2 heterocycles. The number of carbonyl (C=O) groups excluding carboxylic acids is 10. The van der Waals surface area contributed by atoms with Gasteiger partial charge in [0.1, 0.15) is 12.6 Å². The van der Waals surface area contributed by atoms with Crippen LogP contribution < -0.4 is 69.3 Å². The number of hydrogen-bond acceptors (Lipinski definition) is 14. The molecule has 14 nitrogen and oxygen atoms in total. The maximum atomic E-state index is 14.5. The second-order valence-corrected chi connectivity index (χ2v) is 33.0. The van der Waals surface area contributed by atoms with E-state index in [-0.39, 0.29) is 165 Å². The smallest absolute Gasteiger partial charge is 0.550 e. The van der Waals surface area contributed by atoms with E-state index in [1.807, 2.05) is 39.8 Å². The van der Waals surface area contributed by atoms with Crippen LogP contribution in [0.2, 0.25) is 0 Å². The van der Waals surface area contributed by atoms with Gasteiger partial charge in [0.2, 0.25) is 0 Å². The predicted molar refractivity (Wildman–Crippen MR) is 296 cm³/mol. The SMILES string of the molecule is CC1(C)C2CC[C@]3(C)C(C(=O)C=C4[C@H]5C[C@@](C)(C(=O)[O-])CC[C@]5(C)CC[C@]43C)[C@@]2(C)CC(=O)[C@]12OC2(C=O)CC=O.CC1(C)C2CC[C@]3(C)C(C(=O)C=C4[C@H]5C[C@@](C)(C(=O)[O-])CC[C@]5(C)CC[C@]43C)[C@@]2(C)CC(=O)[C@]12OC2(C=O)CC=O.[Na+].[Na+]. The van der Waals surface area contributed by atoms with Crippen molar-refractivity contribution >= 4 is 60.2 Å². The Morgan fingerprint density at radius 2 is 0.821 bits per heavy atom. The van der Waals surface area contributed by atoms with Crippen LogP contribution in [0, 0.1) is 100 Å². The maximum absolute atomic E-state index is 14.5.